The zero-order valence-corrected chi connectivity index (χ0v) is 12.8. The number of phenolic OH excluding ortho intramolecular Hbond substituents is 2. The second-order valence-corrected chi connectivity index (χ2v) is 5.45. The summed E-state index contributed by atoms with van der Waals surface area (Å²) in [6, 6.07) is 9.04. The Morgan fingerprint density at radius 2 is 1.65 bits per heavy atom. The number of halogens is 2. The first-order valence-electron chi connectivity index (χ1n) is 6.35. The Balaban J connectivity index is 2.33. The third kappa shape index (κ3) is 2.42. The number of phenols is 2. The molecule has 0 atom stereocenters. The number of nitro groups is 1. The standard InChI is InChI=1S/C15H8Cl2N2O4/c16-11-12(17)15(21)13-8(14(11)20)5-6-9(18-13)7-3-1-2-4-10(7)19(22)23/h1-6,20-21H. The summed E-state index contributed by atoms with van der Waals surface area (Å²) in [7, 11) is 0. The molecule has 0 spiro atoms. The van der Waals surface area contributed by atoms with Crippen molar-refractivity contribution < 1.29 is 15.1 Å². The molecular weight excluding hydrogens is 343 g/mol. The number of aromatic nitrogens is 1. The van der Waals surface area contributed by atoms with Crippen molar-refractivity contribution in [3.63, 3.8) is 0 Å². The smallest absolute Gasteiger partial charge is 0.278 e. The van der Waals surface area contributed by atoms with E-state index in [1.807, 2.05) is 0 Å². The second kappa shape index (κ2) is 5.57. The largest absolute Gasteiger partial charge is 0.506 e. The summed E-state index contributed by atoms with van der Waals surface area (Å²) < 4.78 is 0. The quantitative estimate of drug-likeness (QED) is 0.402. The predicted molar refractivity (Wildman–Crippen MR) is 87.2 cm³/mol. The summed E-state index contributed by atoms with van der Waals surface area (Å²) in [4.78, 5) is 14.8. The third-order valence-corrected chi connectivity index (χ3v) is 4.19. The lowest BCUT2D eigenvalue weighted by Crippen LogP contribution is -1.94. The SMILES string of the molecule is O=[N+]([O-])c1ccccc1-c1ccc2c(O)c(Cl)c(Cl)c(O)c2n1. The molecular formula is C15H8Cl2N2O4. The van der Waals surface area contributed by atoms with Crippen molar-refractivity contribution in [3.05, 3.63) is 56.6 Å². The van der Waals surface area contributed by atoms with Crippen LogP contribution in [0, 0.1) is 10.1 Å². The van der Waals surface area contributed by atoms with Gasteiger partial charge in [0.1, 0.15) is 21.3 Å². The summed E-state index contributed by atoms with van der Waals surface area (Å²) in [5.74, 6) is -0.712. The molecule has 2 N–H and O–H groups in total. The molecule has 0 amide bonds. The molecule has 0 saturated carbocycles. The molecule has 0 bridgehead atoms. The maximum absolute atomic E-state index is 11.1. The minimum atomic E-state index is -0.520. The Hall–Kier alpha value is -2.57. The number of hydrogen-bond donors (Lipinski definition) is 2. The van der Waals surface area contributed by atoms with Gasteiger partial charge in [-0.05, 0) is 18.2 Å². The van der Waals surface area contributed by atoms with E-state index in [0.29, 0.717) is 0 Å². The van der Waals surface area contributed by atoms with Crippen molar-refractivity contribution in [2.24, 2.45) is 0 Å². The normalized spacial score (nSPS) is 10.9. The Morgan fingerprint density at radius 3 is 2.35 bits per heavy atom. The zero-order chi connectivity index (χ0) is 16.7. The third-order valence-electron chi connectivity index (χ3n) is 3.36. The first-order valence-corrected chi connectivity index (χ1v) is 7.11. The van der Waals surface area contributed by atoms with Gasteiger partial charge >= 0.3 is 0 Å². The van der Waals surface area contributed by atoms with E-state index >= 15 is 0 Å². The molecule has 0 saturated heterocycles. The van der Waals surface area contributed by atoms with Gasteiger partial charge in [-0.15, -0.1) is 0 Å². The lowest BCUT2D eigenvalue weighted by atomic mass is 10.1. The molecule has 0 radical (unpaired) electrons. The van der Waals surface area contributed by atoms with Crippen LogP contribution in [0.25, 0.3) is 22.2 Å². The molecule has 116 valence electrons. The molecule has 1 aromatic heterocycles. The van der Waals surface area contributed by atoms with E-state index in [-0.39, 0.29) is 43.6 Å². The first-order chi connectivity index (χ1) is 10.9. The van der Waals surface area contributed by atoms with Crippen LogP contribution in [-0.2, 0) is 0 Å². The van der Waals surface area contributed by atoms with Gasteiger partial charge in [0.05, 0.1) is 16.2 Å². The molecule has 0 aliphatic heterocycles. The highest BCUT2D eigenvalue weighted by Crippen LogP contribution is 2.45. The number of benzene rings is 2. The van der Waals surface area contributed by atoms with Crippen LogP contribution in [0.1, 0.15) is 0 Å². The Bertz CT molecular complexity index is 960. The monoisotopic (exact) mass is 350 g/mol. The van der Waals surface area contributed by atoms with Gasteiger partial charge in [0.2, 0.25) is 0 Å². The molecule has 8 heteroatoms. The molecule has 0 aliphatic rings. The summed E-state index contributed by atoms with van der Waals surface area (Å²) in [6.45, 7) is 0. The molecule has 23 heavy (non-hydrogen) atoms. The fourth-order valence-corrected chi connectivity index (χ4v) is 2.63. The number of pyridine rings is 1. The summed E-state index contributed by atoms with van der Waals surface area (Å²) in [5, 5.41) is 31.0. The van der Waals surface area contributed by atoms with E-state index in [1.165, 1.54) is 18.2 Å². The van der Waals surface area contributed by atoms with Gasteiger partial charge in [0.25, 0.3) is 5.69 Å². The Labute approximate surface area is 139 Å². The number of nitro benzene ring substituents is 1. The molecule has 0 unspecified atom stereocenters. The Morgan fingerprint density at radius 1 is 1.00 bits per heavy atom. The van der Waals surface area contributed by atoms with Gasteiger partial charge < -0.3 is 10.2 Å². The molecule has 1 heterocycles. The average Bonchev–Trinajstić information content (AvgIpc) is 2.57. The number of hydrogen-bond acceptors (Lipinski definition) is 5. The fourth-order valence-electron chi connectivity index (χ4n) is 2.26. The van der Waals surface area contributed by atoms with Crippen LogP contribution >= 0.6 is 23.2 Å². The molecule has 2 aromatic carbocycles. The van der Waals surface area contributed by atoms with Gasteiger partial charge in [-0.1, -0.05) is 35.3 Å². The fraction of sp³-hybridized carbons (Fsp3) is 0. The van der Waals surface area contributed by atoms with Gasteiger partial charge in [0, 0.05) is 11.5 Å². The van der Waals surface area contributed by atoms with Crippen molar-refractivity contribution >= 4 is 39.8 Å². The summed E-state index contributed by atoms with van der Waals surface area (Å²) in [5.41, 5.74) is 0.429. The molecule has 3 aromatic rings. The molecule has 0 aliphatic carbocycles. The number of aromatic hydroxyl groups is 2. The van der Waals surface area contributed by atoms with Gasteiger partial charge in [0.15, 0.2) is 5.75 Å². The van der Waals surface area contributed by atoms with E-state index in [4.69, 9.17) is 23.2 Å². The maximum Gasteiger partial charge on any atom is 0.278 e. The van der Waals surface area contributed by atoms with Crippen molar-refractivity contribution in [2.75, 3.05) is 0 Å². The zero-order valence-electron chi connectivity index (χ0n) is 11.3. The Kier molecular flexibility index (Phi) is 3.71. The molecule has 6 nitrogen and oxygen atoms in total. The topological polar surface area (TPSA) is 96.5 Å². The molecule has 0 fully saturated rings. The van der Waals surface area contributed by atoms with Gasteiger partial charge in [-0.25, -0.2) is 4.98 Å². The van der Waals surface area contributed by atoms with Crippen molar-refractivity contribution in [2.45, 2.75) is 0 Å². The lowest BCUT2D eigenvalue weighted by Gasteiger charge is -2.09. The summed E-state index contributed by atoms with van der Waals surface area (Å²) >= 11 is 11.7. The van der Waals surface area contributed by atoms with Crippen molar-refractivity contribution in [1.82, 2.24) is 4.98 Å². The number of nitrogens with zero attached hydrogens (tertiary/aromatic N) is 2. The minimum absolute atomic E-state index is 0.00699. The molecule has 3 rings (SSSR count). The maximum atomic E-state index is 11.1. The predicted octanol–water partition coefficient (Wildman–Crippen LogP) is 4.53. The van der Waals surface area contributed by atoms with Crippen LogP contribution in [0.2, 0.25) is 10.0 Å². The number of para-hydroxylation sites is 1. The van der Waals surface area contributed by atoms with Crippen molar-refractivity contribution in [1.29, 1.82) is 0 Å². The van der Waals surface area contributed by atoms with Gasteiger partial charge in [-0.2, -0.15) is 0 Å². The van der Waals surface area contributed by atoms with E-state index in [0.717, 1.165) is 0 Å². The average molecular weight is 351 g/mol. The van der Waals surface area contributed by atoms with E-state index in [9.17, 15) is 20.3 Å². The van der Waals surface area contributed by atoms with Crippen LogP contribution in [0.15, 0.2) is 36.4 Å². The van der Waals surface area contributed by atoms with Gasteiger partial charge in [-0.3, -0.25) is 10.1 Å². The van der Waals surface area contributed by atoms with E-state index < -0.39 is 10.7 Å². The summed E-state index contributed by atoms with van der Waals surface area (Å²) in [6.07, 6.45) is 0. The van der Waals surface area contributed by atoms with Crippen LogP contribution < -0.4 is 0 Å². The second-order valence-electron chi connectivity index (χ2n) is 4.69. The highest BCUT2D eigenvalue weighted by atomic mass is 35.5. The number of rotatable bonds is 2. The van der Waals surface area contributed by atoms with Crippen LogP contribution in [-0.4, -0.2) is 20.1 Å². The first kappa shape index (κ1) is 15.3. The van der Waals surface area contributed by atoms with Crippen LogP contribution in [0.3, 0.4) is 0 Å². The highest BCUT2D eigenvalue weighted by Gasteiger charge is 2.20. The van der Waals surface area contributed by atoms with E-state index in [1.54, 1.807) is 18.2 Å². The minimum Gasteiger partial charge on any atom is -0.506 e. The van der Waals surface area contributed by atoms with Crippen LogP contribution in [0.5, 0.6) is 11.5 Å². The number of fused-ring (bicyclic) bond motifs is 1. The van der Waals surface area contributed by atoms with E-state index in [2.05, 4.69) is 4.98 Å². The van der Waals surface area contributed by atoms with Crippen molar-refractivity contribution in [3.8, 4) is 22.8 Å². The lowest BCUT2D eigenvalue weighted by molar-refractivity contribution is -0.384. The highest BCUT2D eigenvalue weighted by molar-refractivity contribution is 6.45. The van der Waals surface area contributed by atoms with Crippen LogP contribution in [0.4, 0.5) is 5.69 Å².